The fourth-order valence-electron chi connectivity index (χ4n) is 7.38. The Hall–Kier alpha value is -1.95. The fourth-order valence-corrected chi connectivity index (χ4v) is 7.38. The van der Waals surface area contributed by atoms with E-state index in [0.29, 0.717) is 36.9 Å². The average molecular weight is 398 g/mol. The van der Waals surface area contributed by atoms with E-state index in [2.05, 4.69) is 5.16 Å². The van der Waals surface area contributed by atoms with Crippen LogP contribution in [0.5, 0.6) is 0 Å². The summed E-state index contributed by atoms with van der Waals surface area (Å²) in [6.45, 7) is 1.43. The summed E-state index contributed by atoms with van der Waals surface area (Å²) in [5.41, 5.74) is 0.438. The van der Waals surface area contributed by atoms with Gasteiger partial charge in [0.2, 0.25) is 5.91 Å². The Kier molecular flexibility index (Phi) is 3.72. The number of halogens is 1. The van der Waals surface area contributed by atoms with Crippen LogP contribution in [0, 0.1) is 23.1 Å². The lowest BCUT2D eigenvalue weighted by Crippen LogP contribution is -2.61. The molecule has 4 saturated carbocycles. The first kappa shape index (κ1) is 17.9. The Morgan fingerprint density at radius 1 is 1.17 bits per heavy atom. The maximum absolute atomic E-state index is 13.6. The smallest absolute Gasteiger partial charge is 0.228 e. The highest BCUT2D eigenvalue weighted by molar-refractivity contribution is 5.84. The molecule has 5 aliphatic rings. The number of likely N-dealkylation sites (tertiary alicyclic amines) is 1. The van der Waals surface area contributed by atoms with Crippen LogP contribution in [0.4, 0.5) is 4.39 Å². The predicted octanol–water partition coefficient (Wildman–Crippen LogP) is 4.00. The third-order valence-electron chi connectivity index (χ3n) is 8.11. The third-order valence-corrected chi connectivity index (χ3v) is 8.11. The van der Waals surface area contributed by atoms with Crippen LogP contribution in [-0.2, 0) is 4.79 Å². The summed E-state index contributed by atoms with van der Waals surface area (Å²) in [7, 11) is 0. The number of hydrogen-bond donors (Lipinski definition) is 1. The van der Waals surface area contributed by atoms with E-state index in [1.165, 1.54) is 18.6 Å². The van der Waals surface area contributed by atoms with Gasteiger partial charge in [-0.05, 0) is 75.3 Å². The van der Waals surface area contributed by atoms with Crippen molar-refractivity contribution >= 4 is 16.9 Å². The molecule has 4 bridgehead atoms. The van der Waals surface area contributed by atoms with E-state index < -0.39 is 5.60 Å². The van der Waals surface area contributed by atoms with E-state index in [1.54, 1.807) is 6.07 Å². The van der Waals surface area contributed by atoms with Gasteiger partial charge < -0.3 is 14.5 Å². The molecule has 7 rings (SSSR count). The molecule has 2 atom stereocenters. The summed E-state index contributed by atoms with van der Waals surface area (Å²) < 4.78 is 18.7. The predicted molar refractivity (Wildman–Crippen MR) is 105 cm³/mol. The van der Waals surface area contributed by atoms with E-state index in [1.807, 2.05) is 4.90 Å². The van der Waals surface area contributed by atoms with Gasteiger partial charge in [0.15, 0.2) is 5.58 Å². The molecule has 1 aromatic heterocycles. The standard InChI is InChI=1S/C23H27FN2O3/c24-17-1-2-18-19(8-17)29-25-20(18)16-3-5-26(6-4-16)21(27)22-9-14-7-15(10-22)12-23(28,11-14)13-22/h1-2,8,14-16,28H,3-7,9-13H2/t14-,15-,22?,23?/m0/s1. The SMILES string of the molecule is O=C(N1CCC(c2noc3cc(F)ccc23)CC1)C12C[C@@H]3C[C@H](CC(O)(C3)C1)C2. The molecule has 0 spiro atoms. The Morgan fingerprint density at radius 2 is 1.90 bits per heavy atom. The largest absolute Gasteiger partial charge is 0.390 e. The average Bonchev–Trinajstić information content (AvgIpc) is 3.08. The first-order valence-corrected chi connectivity index (χ1v) is 11.0. The van der Waals surface area contributed by atoms with Crippen LogP contribution >= 0.6 is 0 Å². The topological polar surface area (TPSA) is 66.6 Å². The zero-order valence-electron chi connectivity index (χ0n) is 16.6. The molecule has 1 saturated heterocycles. The summed E-state index contributed by atoms with van der Waals surface area (Å²) >= 11 is 0. The minimum atomic E-state index is -0.604. The van der Waals surface area contributed by atoms with Gasteiger partial charge in [0.25, 0.3) is 0 Å². The highest BCUT2D eigenvalue weighted by atomic mass is 19.1. The molecule has 0 unspecified atom stereocenters. The Morgan fingerprint density at radius 3 is 2.59 bits per heavy atom. The molecule has 1 amide bonds. The van der Waals surface area contributed by atoms with Crippen molar-refractivity contribution in [1.29, 1.82) is 0 Å². The van der Waals surface area contributed by atoms with Crippen molar-refractivity contribution in [3.05, 3.63) is 29.7 Å². The van der Waals surface area contributed by atoms with Crippen molar-refractivity contribution in [2.75, 3.05) is 13.1 Å². The summed E-state index contributed by atoms with van der Waals surface area (Å²) in [6.07, 6.45) is 7.25. The maximum atomic E-state index is 13.6. The second kappa shape index (κ2) is 6.03. The third kappa shape index (κ3) is 2.75. The van der Waals surface area contributed by atoms with E-state index in [9.17, 15) is 14.3 Å². The monoisotopic (exact) mass is 398 g/mol. The lowest BCUT2D eigenvalue weighted by Gasteiger charge is -2.60. The summed E-state index contributed by atoms with van der Waals surface area (Å²) in [5.74, 6) is 1.22. The highest BCUT2D eigenvalue weighted by Gasteiger charge is 2.60. The molecule has 2 heterocycles. The van der Waals surface area contributed by atoms with Crippen molar-refractivity contribution in [1.82, 2.24) is 10.1 Å². The molecule has 29 heavy (non-hydrogen) atoms. The van der Waals surface area contributed by atoms with Crippen molar-refractivity contribution < 1.29 is 18.8 Å². The number of carbonyl (C=O) groups excluding carboxylic acids is 1. The Balaban J connectivity index is 1.18. The van der Waals surface area contributed by atoms with Gasteiger partial charge in [-0.15, -0.1) is 0 Å². The molecule has 0 radical (unpaired) electrons. The lowest BCUT2D eigenvalue weighted by molar-refractivity contribution is -0.186. The molecule has 4 aliphatic carbocycles. The van der Waals surface area contributed by atoms with Gasteiger partial charge in [-0.1, -0.05) is 5.16 Å². The van der Waals surface area contributed by atoms with Gasteiger partial charge in [-0.3, -0.25) is 4.79 Å². The number of aromatic nitrogens is 1. The number of amides is 1. The normalized spacial score (nSPS) is 36.8. The highest BCUT2D eigenvalue weighted by Crippen LogP contribution is 2.62. The molecular weight excluding hydrogens is 371 g/mol. The van der Waals surface area contributed by atoms with E-state index in [-0.39, 0.29) is 23.1 Å². The molecule has 1 aliphatic heterocycles. The van der Waals surface area contributed by atoms with Gasteiger partial charge in [0.1, 0.15) is 5.82 Å². The number of piperidine rings is 1. The summed E-state index contributed by atoms with van der Waals surface area (Å²) in [5, 5.41) is 16.1. The molecule has 5 fully saturated rings. The number of fused-ring (bicyclic) bond motifs is 1. The number of carbonyl (C=O) groups is 1. The molecular formula is C23H27FN2O3. The minimum Gasteiger partial charge on any atom is -0.390 e. The minimum absolute atomic E-state index is 0.228. The van der Waals surface area contributed by atoms with Gasteiger partial charge in [0.05, 0.1) is 16.7 Å². The van der Waals surface area contributed by atoms with Gasteiger partial charge >= 0.3 is 0 Å². The van der Waals surface area contributed by atoms with Crippen molar-refractivity contribution in [2.24, 2.45) is 17.3 Å². The van der Waals surface area contributed by atoms with Crippen LogP contribution in [-0.4, -0.2) is 39.8 Å². The number of nitrogens with zero attached hydrogens (tertiary/aromatic N) is 2. The number of benzene rings is 1. The van der Waals surface area contributed by atoms with Crippen molar-refractivity contribution in [2.45, 2.75) is 62.9 Å². The van der Waals surface area contributed by atoms with Crippen LogP contribution < -0.4 is 0 Å². The Labute approximate surface area is 169 Å². The number of rotatable bonds is 2. The van der Waals surface area contributed by atoms with Crippen LogP contribution in [0.25, 0.3) is 11.0 Å². The molecule has 6 heteroatoms. The summed E-state index contributed by atoms with van der Waals surface area (Å²) in [4.78, 5) is 15.6. The zero-order chi connectivity index (χ0) is 19.8. The van der Waals surface area contributed by atoms with E-state index in [4.69, 9.17) is 4.52 Å². The van der Waals surface area contributed by atoms with E-state index in [0.717, 1.165) is 49.6 Å². The lowest BCUT2D eigenvalue weighted by atomic mass is 9.47. The first-order valence-electron chi connectivity index (χ1n) is 11.0. The molecule has 154 valence electrons. The number of hydrogen-bond acceptors (Lipinski definition) is 4. The first-order chi connectivity index (χ1) is 13.9. The van der Waals surface area contributed by atoms with Crippen LogP contribution in [0.15, 0.2) is 22.7 Å². The second-order valence-electron chi connectivity index (χ2n) is 10.2. The van der Waals surface area contributed by atoms with Crippen molar-refractivity contribution in [3.63, 3.8) is 0 Å². The Bertz CT molecular complexity index is 964. The van der Waals surface area contributed by atoms with Crippen LogP contribution in [0.3, 0.4) is 0 Å². The van der Waals surface area contributed by atoms with Gasteiger partial charge in [-0.25, -0.2) is 4.39 Å². The van der Waals surface area contributed by atoms with Gasteiger partial charge in [0, 0.05) is 30.5 Å². The van der Waals surface area contributed by atoms with Crippen molar-refractivity contribution in [3.8, 4) is 0 Å². The maximum Gasteiger partial charge on any atom is 0.228 e. The van der Waals surface area contributed by atoms with Crippen LogP contribution in [0.2, 0.25) is 0 Å². The molecule has 1 aromatic carbocycles. The fraction of sp³-hybridized carbons (Fsp3) is 0.652. The molecule has 1 N–H and O–H groups in total. The quantitative estimate of drug-likeness (QED) is 0.830. The second-order valence-corrected chi connectivity index (χ2v) is 10.2. The van der Waals surface area contributed by atoms with E-state index >= 15 is 0 Å². The molecule has 2 aromatic rings. The molecule has 5 nitrogen and oxygen atoms in total. The summed E-state index contributed by atoms with van der Waals surface area (Å²) in [6, 6.07) is 4.56. The zero-order valence-corrected chi connectivity index (χ0v) is 16.6. The number of aliphatic hydroxyl groups is 1. The van der Waals surface area contributed by atoms with Gasteiger partial charge in [-0.2, -0.15) is 0 Å². The van der Waals surface area contributed by atoms with Crippen LogP contribution in [0.1, 0.15) is 63.0 Å².